The van der Waals surface area contributed by atoms with Gasteiger partial charge >= 0.3 is 36.5 Å². The third kappa shape index (κ3) is 41.6. The minimum Gasteiger partial charge on any atom is -0.480 e. The molecule has 0 aliphatic carbocycles. The summed E-state index contributed by atoms with van der Waals surface area (Å²) in [5.74, 6) is -2.62. The van der Waals surface area contributed by atoms with Crippen LogP contribution in [0.2, 0.25) is 10.0 Å². The number of nitrogens with one attached hydrogen (secondary N) is 7. The van der Waals surface area contributed by atoms with Crippen molar-refractivity contribution < 1.29 is 104 Å². The van der Waals surface area contributed by atoms with Crippen molar-refractivity contribution in [3.8, 4) is 11.5 Å². The summed E-state index contributed by atoms with van der Waals surface area (Å²) in [5, 5.41) is 30.0. The number of carboxylic acid groups (broad SMARTS) is 1. The Bertz CT molecular complexity index is 5800. The van der Waals surface area contributed by atoms with Gasteiger partial charge in [0.15, 0.2) is 5.75 Å². The molecule has 0 saturated carbocycles. The molecule has 4 aliphatic heterocycles. The molecule has 4 heterocycles. The fourth-order valence-corrected chi connectivity index (χ4v) is 16.3. The second-order valence-electron chi connectivity index (χ2n) is 40.0. The minimum absolute atomic E-state index is 0.0309. The maximum Gasteiger partial charge on any atom is 0.416 e. The van der Waals surface area contributed by atoms with Crippen molar-refractivity contribution in [1.82, 2.24) is 56.8 Å². The Morgan fingerprint density at radius 3 is 1.01 bits per heavy atom. The Labute approximate surface area is 860 Å². The second-order valence-corrected chi connectivity index (χ2v) is 40.9. The number of ether oxygens (including phenoxy) is 5. The summed E-state index contributed by atoms with van der Waals surface area (Å²) in [4.78, 5) is 164. The van der Waals surface area contributed by atoms with Gasteiger partial charge in [0.1, 0.15) is 40.5 Å². The number of benzene rings is 8. The van der Waals surface area contributed by atoms with Crippen molar-refractivity contribution in [3.05, 3.63) is 249 Å². The van der Waals surface area contributed by atoms with Gasteiger partial charge in [-0.1, -0.05) is 114 Å². The summed E-state index contributed by atoms with van der Waals surface area (Å²) in [6.45, 7) is 30.1. The summed E-state index contributed by atoms with van der Waals surface area (Å²) < 4.78 is 80.1. The third-order valence-corrected chi connectivity index (χ3v) is 23.0. The van der Waals surface area contributed by atoms with Crippen LogP contribution in [0.1, 0.15) is 148 Å². The van der Waals surface area contributed by atoms with E-state index in [1.54, 1.807) is 156 Å². The molecule has 4 fully saturated rings. The van der Waals surface area contributed by atoms with E-state index >= 15 is 0 Å². The number of hydrogen-bond acceptors (Lipinski definition) is 21. The normalized spacial score (nSPS) is 15.4. The second kappa shape index (κ2) is 53.7. The molecule has 11 amide bonds. The molecule has 4 unspecified atom stereocenters. The topological polar surface area (TPSA) is 381 Å². The van der Waals surface area contributed by atoms with E-state index in [9.17, 15) is 80.2 Å². The number of carbonyl (C=O) groups is 12. The molecule has 4 atom stereocenters. The van der Waals surface area contributed by atoms with Crippen molar-refractivity contribution >= 4 is 118 Å². The molecule has 788 valence electrons. The van der Waals surface area contributed by atoms with Crippen LogP contribution in [0, 0.1) is 26.6 Å². The summed E-state index contributed by atoms with van der Waals surface area (Å²) in [7, 11) is 0. The van der Waals surface area contributed by atoms with Gasteiger partial charge in [0.25, 0.3) is 0 Å². The number of amides is 11. The lowest BCUT2D eigenvalue weighted by molar-refractivity contribution is -0.138. The highest BCUT2D eigenvalue weighted by Crippen LogP contribution is 2.35. The molecule has 4 saturated heterocycles. The van der Waals surface area contributed by atoms with E-state index in [-0.39, 0.29) is 131 Å². The first kappa shape index (κ1) is 115. The van der Waals surface area contributed by atoms with E-state index in [4.69, 9.17) is 46.9 Å². The van der Waals surface area contributed by atoms with Gasteiger partial charge in [0, 0.05) is 99.1 Å². The van der Waals surface area contributed by atoms with Gasteiger partial charge in [-0.25, -0.2) is 23.6 Å². The molecular formula is C107H135Cl2F4N15O18. The summed E-state index contributed by atoms with van der Waals surface area (Å²) in [5.41, 5.74) is 3.78. The number of carbonyl (C=O) groups excluding carboxylic acids is 11. The van der Waals surface area contributed by atoms with Gasteiger partial charge in [-0.3, -0.25) is 38.4 Å². The Morgan fingerprint density at radius 1 is 0.363 bits per heavy atom. The van der Waals surface area contributed by atoms with Gasteiger partial charge in [0.05, 0.1) is 81.2 Å². The standard InChI is InChI=1S/C32H37ClN4O5.C28H34F4N4O4.C27H35ClN4O4.C20H29N3O5/c1-32(2,3)42-31(40)35-25-16-17-36(20-25)30(39)22-37(21-29(38)34-19-23-10-9-11-24(33)18-23)27-14-7-8-15-28(27)41-26-12-5-4-6-13-26;1-18-6-5-7-23(10-18)36(16-24(37)33-14-19-11-20(28(30,31)32)13-21(29)12-19)17-25(38)35-9-8-22(15-35)34-26(39)40-27(2,3)4;1-19-7-5-10-23(13-19)32(17-24(33)29-15-20-8-6-9-21(28)14-20)18-25(34)31-12-11-22(16-31)30-26(35)36-27(2,3)4;1-14-6-5-7-16(10-14)23(13-18(25)26)12-17(24)22-9-8-15(11-22)21-19(27)28-20(2,3)4/h4-15,18,25H,16-17,19-22H2,1-3H3,(H,34,38)(H,35,40);5-7,10-13,22H,8-9,14-17H2,1-4H3,(H,33,37)(H,34,39);5-10,13-14,22H,11-12,15-18H2,1-4H3,(H,29,33)(H,30,35);5-7,10,15H,8-9,11-13H2,1-4H3,(H,21,27)(H,25,26). The van der Waals surface area contributed by atoms with Crippen LogP contribution in [0.25, 0.3) is 0 Å². The fourth-order valence-electron chi connectivity index (χ4n) is 15.9. The van der Waals surface area contributed by atoms with Crippen LogP contribution in [0.5, 0.6) is 11.5 Å². The van der Waals surface area contributed by atoms with Crippen LogP contribution in [-0.4, -0.2) is 248 Å². The molecule has 8 N–H and O–H groups in total. The highest BCUT2D eigenvalue weighted by molar-refractivity contribution is 6.31. The van der Waals surface area contributed by atoms with Crippen LogP contribution in [0.15, 0.2) is 194 Å². The zero-order valence-corrected chi connectivity index (χ0v) is 86.8. The maximum absolute atomic E-state index is 13.7. The summed E-state index contributed by atoms with van der Waals surface area (Å²) in [6, 6.07) is 54.8. The molecule has 8 aromatic carbocycles. The first-order valence-corrected chi connectivity index (χ1v) is 48.9. The van der Waals surface area contributed by atoms with Crippen LogP contribution in [-0.2, 0) is 83.1 Å². The largest absolute Gasteiger partial charge is 0.480 e. The number of aryl methyl sites for hydroxylation is 3. The first-order chi connectivity index (χ1) is 68.6. The number of para-hydroxylation sites is 3. The monoisotopic (exact) mass is 2060 g/mol. The molecule has 146 heavy (non-hydrogen) atoms. The number of anilines is 4. The predicted octanol–water partition coefficient (Wildman–Crippen LogP) is 15.7. The highest BCUT2D eigenvalue weighted by atomic mass is 35.5. The van der Waals surface area contributed by atoms with Crippen LogP contribution in [0.4, 0.5) is 59.5 Å². The van der Waals surface area contributed by atoms with Gasteiger partial charge in [-0.05, 0) is 266 Å². The third-order valence-electron chi connectivity index (χ3n) is 22.5. The fraction of sp³-hybridized carbons (Fsp3) is 0.439. The molecule has 8 aromatic rings. The molecular weight excluding hydrogens is 1930 g/mol. The number of alkyl carbamates (subject to hydrolysis) is 4. The van der Waals surface area contributed by atoms with Gasteiger partial charge in [0.2, 0.25) is 41.4 Å². The minimum atomic E-state index is -4.72. The van der Waals surface area contributed by atoms with Gasteiger partial charge in [-0.2, -0.15) is 13.2 Å². The quantitative estimate of drug-likeness (QED) is 0.0143. The number of aliphatic carboxylic acids is 1. The Morgan fingerprint density at radius 2 is 0.678 bits per heavy atom. The molecule has 39 heteroatoms. The average molecular weight is 2070 g/mol. The lowest BCUT2D eigenvalue weighted by Crippen LogP contribution is -2.45. The van der Waals surface area contributed by atoms with E-state index in [2.05, 4.69) is 37.2 Å². The van der Waals surface area contributed by atoms with Gasteiger partial charge in [-0.15, -0.1) is 0 Å². The van der Waals surface area contributed by atoms with E-state index in [0.717, 1.165) is 45.6 Å². The van der Waals surface area contributed by atoms with Crippen molar-refractivity contribution in [2.75, 3.05) is 124 Å². The number of halogens is 6. The maximum atomic E-state index is 13.7. The summed E-state index contributed by atoms with van der Waals surface area (Å²) >= 11 is 12.1. The van der Waals surface area contributed by atoms with E-state index in [1.165, 1.54) is 0 Å². The van der Waals surface area contributed by atoms with Crippen LogP contribution in [0.3, 0.4) is 0 Å². The van der Waals surface area contributed by atoms with E-state index < -0.39 is 76.2 Å². The number of carboxylic acids is 1. The molecule has 0 radical (unpaired) electrons. The SMILES string of the molecule is CC(C)(C)OC(=O)NC1CCN(C(=O)CN(CC(=O)NCc2cccc(Cl)c2)c2ccccc2Oc2ccccc2)C1.Cc1cccc(N(CC(=O)NCc2cc(F)cc(C(F)(F)F)c2)CC(=O)N2CCC(NC(=O)OC(C)(C)C)C2)c1.Cc1cccc(N(CC(=O)NCc2cccc(Cl)c2)CC(=O)N2CCC(NC(=O)OC(C)(C)C)C2)c1.Cc1cccc(N(CC(=O)O)CC(=O)N2CCC(NC(=O)OC(C)(C)C)C2)c1. The zero-order chi connectivity index (χ0) is 107. The van der Waals surface area contributed by atoms with E-state index in [1.807, 2.05) is 163 Å². The molecule has 0 aromatic heterocycles. The van der Waals surface area contributed by atoms with Crippen molar-refractivity contribution in [3.63, 3.8) is 0 Å². The molecule has 0 bridgehead atoms. The molecule has 4 aliphatic rings. The molecule has 33 nitrogen and oxygen atoms in total. The first-order valence-electron chi connectivity index (χ1n) is 48.1. The lowest BCUT2D eigenvalue weighted by atomic mass is 10.1. The molecule has 12 rings (SSSR count). The van der Waals surface area contributed by atoms with Crippen molar-refractivity contribution in [1.29, 1.82) is 0 Å². The number of rotatable bonds is 32. The van der Waals surface area contributed by atoms with Crippen LogP contribution < -0.4 is 61.6 Å². The average Bonchev–Trinajstić information content (AvgIpc) is 1.79. The smallest absolute Gasteiger partial charge is 0.416 e. The highest BCUT2D eigenvalue weighted by Gasteiger charge is 2.38. The summed E-state index contributed by atoms with van der Waals surface area (Å²) in [6.07, 6.45) is -4.34. The Hall–Kier alpha value is -14.1. The van der Waals surface area contributed by atoms with Gasteiger partial charge < -0.3 is 105 Å². The zero-order valence-electron chi connectivity index (χ0n) is 85.3. The predicted molar refractivity (Wildman–Crippen MR) is 550 cm³/mol. The lowest BCUT2D eigenvalue weighted by Gasteiger charge is -2.28. The Kier molecular flexibility index (Phi) is 42.4. The van der Waals surface area contributed by atoms with E-state index in [0.29, 0.717) is 129 Å². The number of hydrogen-bond donors (Lipinski definition) is 8. The van der Waals surface area contributed by atoms with Crippen molar-refractivity contribution in [2.45, 2.75) is 202 Å². The number of likely N-dealkylation sites (tertiary alicyclic amines) is 4. The number of alkyl halides is 3. The molecule has 0 spiro atoms. The number of nitrogens with zero attached hydrogens (tertiary/aromatic N) is 8. The van der Waals surface area contributed by atoms with Crippen LogP contribution >= 0.6 is 23.2 Å². The van der Waals surface area contributed by atoms with Crippen molar-refractivity contribution in [2.24, 2.45) is 0 Å². The Balaban J connectivity index is 0.000000219.